The molecule has 0 saturated heterocycles. The third-order valence-electron chi connectivity index (χ3n) is 7.83. The Labute approximate surface area is 224 Å². The average molecular weight is 504 g/mol. The molecule has 1 unspecified atom stereocenters. The van der Waals surface area contributed by atoms with Crippen molar-refractivity contribution in [2.24, 2.45) is 0 Å². The zero-order valence-corrected chi connectivity index (χ0v) is 22.1. The Morgan fingerprint density at radius 3 is 2.34 bits per heavy atom. The van der Waals surface area contributed by atoms with E-state index in [1.807, 2.05) is 48.5 Å². The van der Waals surface area contributed by atoms with Crippen molar-refractivity contribution in [1.29, 1.82) is 0 Å². The van der Waals surface area contributed by atoms with E-state index >= 15 is 0 Å². The molecule has 0 aliphatic carbocycles. The summed E-state index contributed by atoms with van der Waals surface area (Å²) < 4.78 is 13.0. The number of ether oxygens (including phenoxy) is 2. The maximum atomic E-state index is 13.2. The predicted molar refractivity (Wildman–Crippen MR) is 152 cm³/mol. The van der Waals surface area contributed by atoms with Crippen LogP contribution in [0.25, 0.3) is 11.1 Å². The molecule has 4 aromatic carbocycles. The lowest BCUT2D eigenvalue weighted by Gasteiger charge is -2.37. The fraction of sp³-hybridized carbons (Fsp3) is 0.265. The second-order valence-electron chi connectivity index (χ2n) is 10.1. The first-order valence-corrected chi connectivity index (χ1v) is 13.8. The quantitative estimate of drug-likeness (QED) is 0.179. The number of benzene rings is 4. The average Bonchev–Trinajstić information content (AvgIpc) is 3.26. The molecular weight excluding hydrogens is 470 g/mol. The van der Waals surface area contributed by atoms with Gasteiger partial charge in [0, 0.05) is 41.5 Å². The van der Waals surface area contributed by atoms with Crippen molar-refractivity contribution in [3.63, 3.8) is 0 Å². The summed E-state index contributed by atoms with van der Waals surface area (Å²) in [6.45, 7) is 6.36. The largest absolute Gasteiger partial charge is 0.456 e. The number of carbonyl (C=O) groups is 1. The smallest absolute Gasteiger partial charge is 0.340 e. The van der Waals surface area contributed by atoms with Crippen LogP contribution >= 0.6 is 0 Å². The highest BCUT2D eigenvalue weighted by molar-refractivity contribution is 5.97. The molecule has 38 heavy (non-hydrogen) atoms. The van der Waals surface area contributed by atoms with Crippen molar-refractivity contribution >= 4 is 11.7 Å². The maximum Gasteiger partial charge on any atom is 0.340 e. The van der Waals surface area contributed by atoms with Gasteiger partial charge in [0.05, 0.1) is 5.56 Å². The molecule has 0 bridgehead atoms. The molecule has 4 aromatic rings. The third-order valence-corrected chi connectivity index (χ3v) is 7.83. The van der Waals surface area contributed by atoms with Gasteiger partial charge in [-0.05, 0) is 54.8 Å². The monoisotopic (exact) mass is 503 g/mol. The highest BCUT2D eigenvalue weighted by Gasteiger charge is 2.53. The molecule has 2 aliphatic heterocycles. The van der Waals surface area contributed by atoms with Crippen LogP contribution in [0.3, 0.4) is 0 Å². The van der Waals surface area contributed by atoms with Crippen molar-refractivity contribution in [3.05, 3.63) is 113 Å². The number of hydrogen-bond acceptors (Lipinski definition) is 4. The van der Waals surface area contributed by atoms with Crippen molar-refractivity contribution in [2.45, 2.75) is 45.1 Å². The molecule has 6 rings (SSSR count). The Morgan fingerprint density at radius 2 is 1.53 bits per heavy atom. The van der Waals surface area contributed by atoms with Gasteiger partial charge in [-0.2, -0.15) is 0 Å². The number of rotatable bonds is 8. The molecule has 4 heteroatoms. The molecule has 0 amide bonds. The summed E-state index contributed by atoms with van der Waals surface area (Å²) in [5.41, 5.74) is 5.40. The summed E-state index contributed by atoms with van der Waals surface area (Å²) in [6, 6.07) is 30.5. The summed E-state index contributed by atoms with van der Waals surface area (Å²) in [7, 11) is 0. The van der Waals surface area contributed by atoms with Crippen molar-refractivity contribution < 1.29 is 14.3 Å². The third kappa shape index (κ3) is 3.96. The van der Waals surface area contributed by atoms with Crippen LogP contribution in [0.15, 0.2) is 91.0 Å². The topological polar surface area (TPSA) is 38.8 Å². The first-order chi connectivity index (χ1) is 18.7. The lowest BCUT2D eigenvalue weighted by atomic mass is 9.77. The first kappa shape index (κ1) is 24.3. The van der Waals surface area contributed by atoms with Crippen LogP contribution in [0.4, 0.5) is 5.69 Å². The van der Waals surface area contributed by atoms with E-state index in [9.17, 15) is 4.79 Å². The lowest BCUT2D eigenvalue weighted by molar-refractivity contribution is 0.0224. The van der Waals surface area contributed by atoms with Gasteiger partial charge in [0.2, 0.25) is 0 Å². The number of nitrogens with zero attached hydrogens (tertiary/aromatic N) is 1. The molecule has 192 valence electrons. The fourth-order valence-electron chi connectivity index (χ4n) is 5.87. The minimum Gasteiger partial charge on any atom is -0.456 e. The van der Waals surface area contributed by atoms with E-state index in [2.05, 4.69) is 61.2 Å². The molecule has 4 nitrogen and oxygen atoms in total. The van der Waals surface area contributed by atoms with Gasteiger partial charge in [0.1, 0.15) is 11.5 Å². The van der Waals surface area contributed by atoms with Crippen LogP contribution < -0.4 is 9.64 Å². The summed E-state index contributed by atoms with van der Waals surface area (Å²) in [4.78, 5) is 15.6. The number of esters is 1. The lowest BCUT2D eigenvalue weighted by Crippen LogP contribution is -2.33. The molecule has 2 heterocycles. The van der Waals surface area contributed by atoms with Crippen LogP contribution in [0, 0.1) is 0 Å². The summed E-state index contributed by atoms with van der Waals surface area (Å²) in [5.74, 6) is 1.14. The van der Waals surface area contributed by atoms with Gasteiger partial charge in [-0.1, -0.05) is 80.8 Å². The van der Waals surface area contributed by atoms with Gasteiger partial charge in [0.15, 0.2) is 5.60 Å². The first-order valence-electron chi connectivity index (χ1n) is 13.8. The van der Waals surface area contributed by atoms with Crippen molar-refractivity contribution in [3.8, 4) is 22.6 Å². The normalized spacial score (nSPS) is 16.8. The Hall–Kier alpha value is -4.05. The zero-order valence-electron chi connectivity index (χ0n) is 22.1. The molecular formula is C34H33NO3. The highest BCUT2D eigenvalue weighted by Crippen LogP contribution is 2.57. The van der Waals surface area contributed by atoms with Crippen LogP contribution in [-0.4, -0.2) is 19.1 Å². The van der Waals surface area contributed by atoms with Gasteiger partial charge in [0.25, 0.3) is 0 Å². The van der Waals surface area contributed by atoms with E-state index in [4.69, 9.17) is 9.47 Å². The van der Waals surface area contributed by atoms with E-state index < -0.39 is 5.60 Å². The number of fused-ring (bicyclic) bond motifs is 6. The molecule has 1 atom stereocenters. The molecule has 0 N–H and O–H groups in total. The molecule has 0 saturated carbocycles. The Morgan fingerprint density at radius 1 is 0.711 bits per heavy atom. The second-order valence-corrected chi connectivity index (χ2v) is 10.1. The van der Waals surface area contributed by atoms with Crippen molar-refractivity contribution in [2.75, 3.05) is 18.0 Å². The Bertz CT molecular complexity index is 1480. The summed E-state index contributed by atoms with van der Waals surface area (Å²) in [6.07, 6.45) is 4.90. The SMILES string of the molecule is CCCCCCN(CC)c1ccc2c(c1)Oc1ccc(-c3ccccc3)cc1C21OC(=O)c2ccccc21. The van der Waals surface area contributed by atoms with E-state index in [1.54, 1.807) is 0 Å². The Kier molecular flexibility index (Phi) is 6.40. The predicted octanol–water partition coefficient (Wildman–Crippen LogP) is 8.33. The zero-order chi connectivity index (χ0) is 26.1. The number of anilines is 1. The van der Waals surface area contributed by atoms with Crippen molar-refractivity contribution in [1.82, 2.24) is 0 Å². The van der Waals surface area contributed by atoms with Crippen LogP contribution in [0.2, 0.25) is 0 Å². The standard InChI is InChI=1S/C34H33NO3/c1-3-5-6-12-21-35(4-2)26-18-19-29-32(23-26)37-31-20-17-25(24-13-8-7-9-14-24)22-30(31)34(29)28-16-11-10-15-27(28)33(36)38-34/h7-11,13-20,22-23H,3-6,12,21H2,1-2H3. The Balaban J connectivity index is 1.49. The summed E-state index contributed by atoms with van der Waals surface area (Å²) >= 11 is 0. The molecule has 1 spiro atoms. The number of hydrogen-bond donors (Lipinski definition) is 0. The molecule has 0 radical (unpaired) electrons. The number of carbonyl (C=O) groups excluding carboxylic acids is 1. The summed E-state index contributed by atoms with van der Waals surface area (Å²) in [5, 5.41) is 0. The van der Waals surface area contributed by atoms with E-state index in [0.29, 0.717) is 11.3 Å². The van der Waals surface area contributed by atoms with Crippen LogP contribution in [-0.2, 0) is 10.3 Å². The maximum absolute atomic E-state index is 13.2. The number of unbranched alkanes of at least 4 members (excludes halogenated alkanes) is 3. The van der Waals surface area contributed by atoms with Gasteiger partial charge >= 0.3 is 5.97 Å². The van der Waals surface area contributed by atoms with Gasteiger partial charge in [-0.15, -0.1) is 0 Å². The molecule has 0 fully saturated rings. The van der Waals surface area contributed by atoms with E-state index in [-0.39, 0.29) is 5.97 Å². The minimum atomic E-state index is -1.06. The molecule has 2 aliphatic rings. The van der Waals surface area contributed by atoms with Gasteiger partial charge in [-0.3, -0.25) is 0 Å². The second kappa shape index (κ2) is 10.0. The fourth-order valence-corrected chi connectivity index (χ4v) is 5.87. The van der Waals surface area contributed by atoms with Crippen LogP contribution in [0.1, 0.15) is 66.6 Å². The molecule has 0 aromatic heterocycles. The van der Waals surface area contributed by atoms with Gasteiger partial charge < -0.3 is 14.4 Å². The minimum absolute atomic E-state index is 0.306. The highest BCUT2D eigenvalue weighted by atomic mass is 16.6. The van der Waals surface area contributed by atoms with E-state index in [0.717, 1.165) is 52.3 Å². The van der Waals surface area contributed by atoms with E-state index in [1.165, 1.54) is 25.7 Å². The van der Waals surface area contributed by atoms with Crippen LogP contribution in [0.5, 0.6) is 11.5 Å². The van der Waals surface area contributed by atoms with Gasteiger partial charge in [-0.25, -0.2) is 4.79 Å².